The summed E-state index contributed by atoms with van der Waals surface area (Å²) in [5.74, 6) is 1.14. The van der Waals surface area contributed by atoms with Crippen molar-refractivity contribution < 1.29 is 13.9 Å². The zero-order valence-electron chi connectivity index (χ0n) is 16.0. The number of methoxy groups -OCH3 is 1. The second kappa shape index (κ2) is 7.87. The molecule has 0 atom stereocenters. The Hall–Kier alpha value is -2.47. The van der Waals surface area contributed by atoms with Crippen LogP contribution < -0.4 is 15.0 Å². The molecule has 0 bridgehead atoms. The van der Waals surface area contributed by atoms with Gasteiger partial charge < -0.3 is 19.4 Å². The van der Waals surface area contributed by atoms with Gasteiger partial charge in [0.25, 0.3) is 5.91 Å². The number of anilines is 1. The van der Waals surface area contributed by atoms with Crippen LogP contribution in [0.2, 0.25) is 0 Å². The van der Waals surface area contributed by atoms with Crippen molar-refractivity contribution in [2.75, 3.05) is 25.1 Å². The number of nitrogens with one attached hydrogen (secondary N) is 1. The van der Waals surface area contributed by atoms with Gasteiger partial charge in [-0.1, -0.05) is 15.9 Å². The van der Waals surface area contributed by atoms with Gasteiger partial charge in [-0.25, -0.2) is 0 Å². The first-order chi connectivity index (χ1) is 13.5. The lowest BCUT2D eigenvalue weighted by Gasteiger charge is -2.33. The Bertz CT molecular complexity index is 989. The van der Waals surface area contributed by atoms with Gasteiger partial charge in [0.1, 0.15) is 11.3 Å². The quantitative estimate of drug-likeness (QED) is 0.623. The molecule has 1 saturated heterocycles. The largest absolute Gasteiger partial charge is 0.497 e. The van der Waals surface area contributed by atoms with Gasteiger partial charge in [0.15, 0.2) is 5.76 Å². The predicted octanol–water partition coefficient (Wildman–Crippen LogP) is 4.91. The number of furan rings is 1. The molecule has 2 aromatic carbocycles. The number of aryl methyl sites for hydroxylation is 1. The fourth-order valence-electron chi connectivity index (χ4n) is 3.74. The molecule has 0 unspecified atom stereocenters. The summed E-state index contributed by atoms with van der Waals surface area (Å²) in [6.45, 7) is 3.74. The molecule has 5 nitrogen and oxygen atoms in total. The summed E-state index contributed by atoms with van der Waals surface area (Å²) in [6, 6.07) is 14.1. The number of hydrogen-bond donors (Lipinski definition) is 1. The summed E-state index contributed by atoms with van der Waals surface area (Å²) in [7, 11) is 1.67. The minimum Gasteiger partial charge on any atom is -0.497 e. The lowest BCUT2D eigenvalue weighted by Crippen LogP contribution is -2.44. The normalized spacial score (nSPS) is 15.0. The maximum atomic E-state index is 12.8. The molecular formula is C22H23BrN2O3. The van der Waals surface area contributed by atoms with Gasteiger partial charge in [-0.2, -0.15) is 0 Å². The lowest BCUT2D eigenvalue weighted by molar-refractivity contribution is 0.0904. The van der Waals surface area contributed by atoms with E-state index in [4.69, 9.17) is 9.15 Å². The average molecular weight is 443 g/mol. The first-order valence-corrected chi connectivity index (χ1v) is 10.2. The molecule has 1 aromatic heterocycles. The third-order valence-corrected chi connectivity index (χ3v) is 5.87. The maximum Gasteiger partial charge on any atom is 0.287 e. The monoisotopic (exact) mass is 442 g/mol. The third-order valence-electron chi connectivity index (χ3n) is 5.37. The van der Waals surface area contributed by atoms with Crippen molar-refractivity contribution in [1.29, 1.82) is 0 Å². The molecule has 1 fully saturated rings. The first kappa shape index (κ1) is 18.9. The summed E-state index contributed by atoms with van der Waals surface area (Å²) in [6.07, 6.45) is 1.81. The predicted molar refractivity (Wildman–Crippen MR) is 114 cm³/mol. The van der Waals surface area contributed by atoms with Crippen LogP contribution in [0.3, 0.4) is 0 Å². The maximum absolute atomic E-state index is 12.8. The van der Waals surface area contributed by atoms with Crippen molar-refractivity contribution in [3.8, 4) is 5.75 Å². The highest BCUT2D eigenvalue weighted by molar-refractivity contribution is 9.10. The van der Waals surface area contributed by atoms with Crippen LogP contribution in [0.4, 0.5) is 5.69 Å². The van der Waals surface area contributed by atoms with Gasteiger partial charge in [0, 0.05) is 40.2 Å². The topological polar surface area (TPSA) is 54.7 Å². The van der Waals surface area contributed by atoms with E-state index in [0.717, 1.165) is 52.7 Å². The molecule has 0 spiro atoms. The Morgan fingerprint density at radius 3 is 2.57 bits per heavy atom. The van der Waals surface area contributed by atoms with Gasteiger partial charge >= 0.3 is 0 Å². The van der Waals surface area contributed by atoms with Gasteiger partial charge in [-0.05, 0) is 62.2 Å². The molecule has 0 saturated carbocycles. The number of ether oxygens (including phenoxy) is 1. The van der Waals surface area contributed by atoms with Gasteiger partial charge in [0.2, 0.25) is 0 Å². The van der Waals surface area contributed by atoms with Gasteiger partial charge in [-0.15, -0.1) is 0 Å². The smallest absolute Gasteiger partial charge is 0.287 e. The van der Waals surface area contributed by atoms with E-state index >= 15 is 0 Å². The molecule has 1 N–H and O–H groups in total. The highest BCUT2D eigenvalue weighted by Crippen LogP contribution is 2.28. The van der Waals surface area contributed by atoms with Crippen molar-refractivity contribution >= 4 is 38.5 Å². The fraction of sp³-hybridized carbons (Fsp3) is 0.318. The zero-order chi connectivity index (χ0) is 19.7. The van der Waals surface area contributed by atoms with Crippen LogP contribution >= 0.6 is 15.9 Å². The van der Waals surface area contributed by atoms with E-state index in [1.807, 2.05) is 37.3 Å². The summed E-state index contributed by atoms with van der Waals surface area (Å²) < 4.78 is 12.0. The van der Waals surface area contributed by atoms with Crippen molar-refractivity contribution in [1.82, 2.24) is 5.32 Å². The van der Waals surface area contributed by atoms with E-state index in [1.54, 1.807) is 7.11 Å². The standard InChI is InChI=1S/C22H23BrN2O3/c1-14-19-13-15(23)3-8-20(19)28-21(14)22(26)24-16-9-11-25(12-10-16)17-4-6-18(27-2)7-5-17/h3-8,13,16H,9-12H2,1-2H3,(H,24,26). The number of rotatable bonds is 4. The average Bonchev–Trinajstić information content (AvgIpc) is 3.05. The summed E-state index contributed by atoms with van der Waals surface area (Å²) >= 11 is 3.47. The SMILES string of the molecule is COc1ccc(N2CCC(NC(=O)c3oc4ccc(Br)cc4c3C)CC2)cc1. The molecule has 4 rings (SSSR count). The molecule has 2 heterocycles. The van der Waals surface area contributed by atoms with E-state index in [9.17, 15) is 4.79 Å². The molecule has 146 valence electrons. The molecule has 3 aromatic rings. The highest BCUT2D eigenvalue weighted by Gasteiger charge is 2.24. The van der Waals surface area contributed by atoms with Crippen LogP contribution in [-0.2, 0) is 0 Å². The molecule has 28 heavy (non-hydrogen) atoms. The van der Waals surface area contributed by atoms with E-state index < -0.39 is 0 Å². The number of nitrogens with zero attached hydrogens (tertiary/aromatic N) is 1. The number of carbonyl (C=O) groups excluding carboxylic acids is 1. The number of fused-ring (bicyclic) bond motifs is 1. The summed E-state index contributed by atoms with van der Waals surface area (Å²) in [4.78, 5) is 15.1. The second-order valence-corrected chi connectivity index (χ2v) is 8.05. The molecule has 1 amide bonds. The van der Waals surface area contributed by atoms with Crippen LogP contribution in [-0.4, -0.2) is 32.1 Å². The van der Waals surface area contributed by atoms with E-state index in [0.29, 0.717) is 5.76 Å². The number of carbonyl (C=O) groups is 1. The van der Waals surface area contributed by atoms with Crippen molar-refractivity contribution in [3.63, 3.8) is 0 Å². The highest BCUT2D eigenvalue weighted by atomic mass is 79.9. The number of halogens is 1. The van der Waals surface area contributed by atoms with Crippen molar-refractivity contribution in [2.45, 2.75) is 25.8 Å². The lowest BCUT2D eigenvalue weighted by atomic mass is 10.0. The molecule has 0 radical (unpaired) electrons. The Kier molecular flexibility index (Phi) is 5.31. The molecular weight excluding hydrogens is 420 g/mol. The Morgan fingerprint density at radius 2 is 1.89 bits per heavy atom. The molecule has 6 heteroatoms. The van der Waals surface area contributed by atoms with Crippen LogP contribution in [0.15, 0.2) is 51.4 Å². The van der Waals surface area contributed by atoms with Crippen LogP contribution in [0.1, 0.15) is 29.0 Å². The van der Waals surface area contributed by atoms with E-state index in [1.165, 1.54) is 5.69 Å². The number of benzene rings is 2. The van der Waals surface area contributed by atoms with Crippen LogP contribution in [0, 0.1) is 6.92 Å². The van der Waals surface area contributed by atoms with Gasteiger partial charge in [-0.3, -0.25) is 4.79 Å². The molecule has 1 aliphatic heterocycles. The fourth-order valence-corrected chi connectivity index (χ4v) is 4.10. The number of piperidine rings is 1. The Balaban J connectivity index is 1.39. The second-order valence-electron chi connectivity index (χ2n) is 7.13. The zero-order valence-corrected chi connectivity index (χ0v) is 17.6. The Labute approximate surface area is 172 Å². The molecule has 0 aliphatic carbocycles. The number of amides is 1. The minimum atomic E-state index is -0.132. The first-order valence-electron chi connectivity index (χ1n) is 9.43. The van der Waals surface area contributed by atoms with Crippen molar-refractivity contribution in [3.05, 3.63) is 58.3 Å². The third kappa shape index (κ3) is 3.74. The minimum absolute atomic E-state index is 0.132. The van der Waals surface area contributed by atoms with E-state index in [2.05, 4.69) is 38.3 Å². The van der Waals surface area contributed by atoms with Crippen LogP contribution in [0.5, 0.6) is 5.75 Å². The Morgan fingerprint density at radius 1 is 1.18 bits per heavy atom. The molecule has 1 aliphatic rings. The van der Waals surface area contributed by atoms with Gasteiger partial charge in [0.05, 0.1) is 7.11 Å². The summed E-state index contributed by atoms with van der Waals surface area (Å²) in [5.41, 5.74) is 2.80. The number of hydrogen-bond acceptors (Lipinski definition) is 4. The van der Waals surface area contributed by atoms with E-state index in [-0.39, 0.29) is 11.9 Å². The summed E-state index contributed by atoms with van der Waals surface area (Å²) in [5, 5.41) is 4.12. The van der Waals surface area contributed by atoms with Crippen LogP contribution in [0.25, 0.3) is 11.0 Å². The van der Waals surface area contributed by atoms with Crippen molar-refractivity contribution in [2.24, 2.45) is 0 Å².